The summed E-state index contributed by atoms with van der Waals surface area (Å²) in [7, 11) is 3.19. The van der Waals surface area contributed by atoms with Crippen LogP contribution in [0.15, 0.2) is 42.5 Å². The van der Waals surface area contributed by atoms with Crippen LogP contribution in [0, 0.1) is 0 Å². The molecule has 166 valence electrons. The van der Waals surface area contributed by atoms with E-state index >= 15 is 0 Å². The number of para-hydroxylation sites is 1. The molecule has 1 aliphatic rings. The summed E-state index contributed by atoms with van der Waals surface area (Å²) in [6.07, 6.45) is 1.67. The molecule has 0 unspecified atom stereocenters. The quantitative estimate of drug-likeness (QED) is 0.728. The van der Waals surface area contributed by atoms with Crippen LogP contribution in [-0.2, 0) is 11.2 Å². The monoisotopic (exact) mass is 445 g/mol. The molecule has 1 N–H and O–H groups in total. The van der Waals surface area contributed by atoms with Gasteiger partial charge in [-0.25, -0.2) is 4.79 Å². The van der Waals surface area contributed by atoms with Gasteiger partial charge >= 0.3 is 6.03 Å². The molecule has 0 spiro atoms. The number of urea groups is 1. The highest BCUT2D eigenvalue weighted by atomic mass is 35.5. The van der Waals surface area contributed by atoms with Crippen LogP contribution < -0.4 is 14.8 Å². The molecule has 0 saturated carbocycles. The van der Waals surface area contributed by atoms with Gasteiger partial charge in [0.2, 0.25) is 5.91 Å². The average molecular weight is 446 g/mol. The predicted octanol–water partition coefficient (Wildman–Crippen LogP) is 4.06. The summed E-state index contributed by atoms with van der Waals surface area (Å²) in [6.45, 7) is 2.23. The predicted molar refractivity (Wildman–Crippen MR) is 121 cm³/mol. The van der Waals surface area contributed by atoms with Crippen LogP contribution in [0.2, 0.25) is 5.02 Å². The van der Waals surface area contributed by atoms with Gasteiger partial charge in [0.05, 0.1) is 14.2 Å². The van der Waals surface area contributed by atoms with Gasteiger partial charge in [-0.15, -0.1) is 0 Å². The Bertz CT molecular complexity index is 921. The number of anilines is 1. The summed E-state index contributed by atoms with van der Waals surface area (Å²) < 4.78 is 10.8. The zero-order valence-corrected chi connectivity index (χ0v) is 18.7. The van der Waals surface area contributed by atoms with Gasteiger partial charge in [-0.3, -0.25) is 4.79 Å². The van der Waals surface area contributed by atoms with Crippen molar-refractivity contribution in [1.82, 2.24) is 9.80 Å². The second kappa shape index (κ2) is 10.9. The van der Waals surface area contributed by atoms with Gasteiger partial charge < -0.3 is 24.6 Å². The zero-order chi connectivity index (χ0) is 22.2. The Kier molecular flexibility index (Phi) is 8.00. The number of aryl methyl sites for hydroxylation is 1. The number of nitrogens with zero attached hydrogens (tertiary/aromatic N) is 2. The number of carbonyl (C=O) groups is 2. The smallest absolute Gasteiger partial charge is 0.321 e. The van der Waals surface area contributed by atoms with Crippen LogP contribution in [-0.4, -0.2) is 62.1 Å². The molecule has 2 aromatic carbocycles. The minimum Gasteiger partial charge on any atom is -0.493 e. The van der Waals surface area contributed by atoms with Gasteiger partial charge in [0.1, 0.15) is 0 Å². The molecule has 1 saturated heterocycles. The van der Waals surface area contributed by atoms with Gasteiger partial charge in [-0.2, -0.15) is 0 Å². The van der Waals surface area contributed by atoms with E-state index in [0.717, 1.165) is 12.0 Å². The fourth-order valence-corrected chi connectivity index (χ4v) is 3.88. The van der Waals surface area contributed by atoms with Crippen molar-refractivity contribution in [2.75, 3.05) is 45.7 Å². The second-order valence-corrected chi connectivity index (χ2v) is 7.75. The molecule has 1 fully saturated rings. The van der Waals surface area contributed by atoms with Crippen molar-refractivity contribution in [3.63, 3.8) is 0 Å². The van der Waals surface area contributed by atoms with Crippen LogP contribution >= 0.6 is 11.6 Å². The van der Waals surface area contributed by atoms with Gasteiger partial charge in [-0.05, 0) is 42.7 Å². The molecule has 7 nitrogen and oxygen atoms in total. The van der Waals surface area contributed by atoms with E-state index in [-0.39, 0.29) is 11.9 Å². The SMILES string of the molecule is COc1cccc(CCC(=O)N2CCCN(C(=O)Nc3cccc(Cl)c3)CC2)c1OC. The lowest BCUT2D eigenvalue weighted by atomic mass is 10.1. The summed E-state index contributed by atoms with van der Waals surface area (Å²) in [5, 5.41) is 3.44. The van der Waals surface area contributed by atoms with E-state index in [1.54, 1.807) is 43.4 Å². The van der Waals surface area contributed by atoms with Crippen molar-refractivity contribution in [1.29, 1.82) is 0 Å². The van der Waals surface area contributed by atoms with Gasteiger partial charge in [0.15, 0.2) is 11.5 Å². The molecule has 0 aliphatic carbocycles. The molecule has 2 aromatic rings. The third kappa shape index (κ3) is 6.04. The van der Waals surface area contributed by atoms with Crippen molar-refractivity contribution in [2.24, 2.45) is 0 Å². The number of nitrogens with one attached hydrogen (secondary N) is 1. The number of rotatable bonds is 6. The Balaban J connectivity index is 1.53. The highest BCUT2D eigenvalue weighted by Crippen LogP contribution is 2.31. The molecule has 0 radical (unpaired) electrons. The second-order valence-electron chi connectivity index (χ2n) is 7.31. The molecule has 0 aromatic heterocycles. The number of halogens is 1. The van der Waals surface area contributed by atoms with Crippen molar-refractivity contribution in [3.8, 4) is 11.5 Å². The van der Waals surface area contributed by atoms with Crippen molar-refractivity contribution < 1.29 is 19.1 Å². The minimum absolute atomic E-state index is 0.0713. The van der Waals surface area contributed by atoms with Crippen LogP contribution in [0.1, 0.15) is 18.4 Å². The minimum atomic E-state index is -0.183. The maximum absolute atomic E-state index is 12.8. The number of ether oxygens (including phenoxy) is 2. The molecule has 8 heteroatoms. The van der Waals surface area contributed by atoms with E-state index in [9.17, 15) is 9.59 Å². The molecule has 1 heterocycles. The Labute approximate surface area is 187 Å². The van der Waals surface area contributed by atoms with Crippen molar-refractivity contribution in [3.05, 3.63) is 53.1 Å². The van der Waals surface area contributed by atoms with Crippen LogP contribution in [0.4, 0.5) is 10.5 Å². The largest absolute Gasteiger partial charge is 0.493 e. The van der Waals surface area contributed by atoms with E-state index in [4.69, 9.17) is 21.1 Å². The summed E-state index contributed by atoms with van der Waals surface area (Å²) in [6, 6.07) is 12.5. The number of hydrogen-bond donors (Lipinski definition) is 1. The molecule has 1 aliphatic heterocycles. The number of carbonyl (C=O) groups excluding carboxylic acids is 2. The van der Waals surface area contributed by atoms with E-state index < -0.39 is 0 Å². The van der Waals surface area contributed by atoms with Gasteiger partial charge in [0.25, 0.3) is 0 Å². The number of benzene rings is 2. The molecule has 0 bridgehead atoms. The van der Waals surface area contributed by atoms with Gasteiger partial charge in [0, 0.05) is 43.3 Å². The normalized spacial score (nSPS) is 14.0. The Morgan fingerprint density at radius 2 is 1.74 bits per heavy atom. The molecule has 0 atom stereocenters. The summed E-state index contributed by atoms with van der Waals surface area (Å²) in [5.74, 6) is 1.39. The summed E-state index contributed by atoms with van der Waals surface area (Å²) in [4.78, 5) is 29.0. The first kappa shape index (κ1) is 22.7. The fraction of sp³-hybridized carbons (Fsp3) is 0.391. The van der Waals surface area contributed by atoms with E-state index in [1.807, 2.05) is 23.1 Å². The Morgan fingerprint density at radius 3 is 2.48 bits per heavy atom. The third-order valence-corrected chi connectivity index (χ3v) is 5.54. The van der Waals surface area contributed by atoms with Crippen molar-refractivity contribution >= 4 is 29.2 Å². The van der Waals surface area contributed by atoms with Crippen LogP contribution in [0.5, 0.6) is 11.5 Å². The molecule has 3 amide bonds. The lowest BCUT2D eigenvalue weighted by Gasteiger charge is -2.23. The molecule has 31 heavy (non-hydrogen) atoms. The first-order valence-corrected chi connectivity index (χ1v) is 10.7. The average Bonchev–Trinajstić information content (AvgIpc) is 3.03. The van der Waals surface area contributed by atoms with E-state index in [0.29, 0.717) is 61.2 Å². The Hall–Kier alpha value is -2.93. The maximum atomic E-state index is 12.8. The van der Waals surface area contributed by atoms with E-state index in [2.05, 4.69) is 5.32 Å². The standard InChI is InChI=1S/C23H28ClN3O4/c1-30-20-9-3-6-17(22(20)31-2)10-11-21(28)26-12-5-13-27(15-14-26)23(29)25-19-8-4-7-18(24)16-19/h3-4,6-9,16H,5,10-15H2,1-2H3,(H,25,29). The zero-order valence-electron chi connectivity index (χ0n) is 17.9. The summed E-state index contributed by atoms with van der Waals surface area (Å²) >= 11 is 5.98. The lowest BCUT2D eigenvalue weighted by molar-refractivity contribution is -0.131. The maximum Gasteiger partial charge on any atom is 0.321 e. The van der Waals surface area contributed by atoms with Crippen LogP contribution in [0.25, 0.3) is 0 Å². The first-order valence-electron chi connectivity index (χ1n) is 10.3. The van der Waals surface area contributed by atoms with E-state index in [1.165, 1.54) is 0 Å². The van der Waals surface area contributed by atoms with Gasteiger partial charge in [-0.1, -0.05) is 29.8 Å². The molecular weight excluding hydrogens is 418 g/mol. The Morgan fingerprint density at radius 1 is 1.00 bits per heavy atom. The number of amides is 3. The topological polar surface area (TPSA) is 71.1 Å². The van der Waals surface area contributed by atoms with Crippen molar-refractivity contribution in [2.45, 2.75) is 19.3 Å². The number of hydrogen-bond acceptors (Lipinski definition) is 4. The third-order valence-electron chi connectivity index (χ3n) is 5.30. The van der Waals surface area contributed by atoms with Crippen LogP contribution in [0.3, 0.4) is 0 Å². The fourth-order valence-electron chi connectivity index (χ4n) is 3.69. The highest BCUT2D eigenvalue weighted by Gasteiger charge is 2.22. The summed E-state index contributed by atoms with van der Waals surface area (Å²) in [5.41, 5.74) is 1.59. The molecule has 3 rings (SSSR count). The molecular formula is C23H28ClN3O4. The highest BCUT2D eigenvalue weighted by molar-refractivity contribution is 6.30. The first-order chi connectivity index (χ1) is 15.0. The lowest BCUT2D eigenvalue weighted by Crippen LogP contribution is -2.39. The number of methoxy groups -OCH3 is 2.